The van der Waals surface area contributed by atoms with Crippen LogP contribution in [0.3, 0.4) is 0 Å². The van der Waals surface area contributed by atoms with Crippen LogP contribution in [-0.2, 0) is 26.9 Å². The SMILES string of the molecule is CCOCCCn1c(NC(=O)c2ccc(CS(=O)(=O)c3ccccc3)cc2)nc2ccccc21. The van der Waals surface area contributed by atoms with Gasteiger partial charge >= 0.3 is 0 Å². The Morgan fingerprint density at radius 1 is 0.971 bits per heavy atom. The highest BCUT2D eigenvalue weighted by molar-refractivity contribution is 7.90. The predicted molar refractivity (Wildman–Crippen MR) is 133 cm³/mol. The van der Waals surface area contributed by atoms with E-state index in [-0.39, 0.29) is 16.6 Å². The highest BCUT2D eigenvalue weighted by Crippen LogP contribution is 2.21. The molecule has 0 saturated carbocycles. The topological polar surface area (TPSA) is 90.3 Å². The fourth-order valence-electron chi connectivity index (χ4n) is 3.72. The largest absolute Gasteiger partial charge is 0.382 e. The van der Waals surface area contributed by atoms with Crippen molar-refractivity contribution < 1.29 is 17.9 Å². The predicted octanol–water partition coefficient (Wildman–Crippen LogP) is 4.69. The van der Waals surface area contributed by atoms with E-state index in [4.69, 9.17) is 4.74 Å². The van der Waals surface area contributed by atoms with Crippen molar-refractivity contribution in [3.8, 4) is 0 Å². The molecule has 4 rings (SSSR count). The fourth-order valence-corrected chi connectivity index (χ4v) is 5.09. The maximum Gasteiger partial charge on any atom is 0.257 e. The van der Waals surface area contributed by atoms with Gasteiger partial charge in [-0.2, -0.15) is 0 Å². The maximum absolute atomic E-state index is 12.9. The summed E-state index contributed by atoms with van der Waals surface area (Å²) in [7, 11) is -3.45. The summed E-state index contributed by atoms with van der Waals surface area (Å²) in [5, 5.41) is 2.90. The summed E-state index contributed by atoms with van der Waals surface area (Å²) in [6.45, 7) is 3.91. The van der Waals surface area contributed by atoms with E-state index in [2.05, 4.69) is 10.3 Å². The van der Waals surface area contributed by atoms with Crippen LogP contribution >= 0.6 is 0 Å². The molecule has 0 aliphatic heterocycles. The van der Waals surface area contributed by atoms with Crippen LogP contribution in [0.5, 0.6) is 0 Å². The molecule has 0 atom stereocenters. The second-order valence-electron chi connectivity index (χ2n) is 7.85. The van der Waals surface area contributed by atoms with Gasteiger partial charge in [-0.05, 0) is 55.3 Å². The molecule has 1 aromatic heterocycles. The highest BCUT2D eigenvalue weighted by Gasteiger charge is 2.17. The molecule has 3 aromatic carbocycles. The molecule has 0 radical (unpaired) electrons. The van der Waals surface area contributed by atoms with Gasteiger partial charge in [0.25, 0.3) is 5.91 Å². The molecule has 7 nitrogen and oxygen atoms in total. The summed E-state index contributed by atoms with van der Waals surface area (Å²) < 4.78 is 32.6. The Hall–Kier alpha value is -3.49. The van der Waals surface area contributed by atoms with Gasteiger partial charge in [0, 0.05) is 25.3 Å². The van der Waals surface area contributed by atoms with Gasteiger partial charge in [0.15, 0.2) is 9.84 Å². The number of amides is 1. The smallest absolute Gasteiger partial charge is 0.257 e. The monoisotopic (exact) mass is 477 g/mol. The van der Waals surface area contributed by atoms with Crippen LogP contribution in [0.25, 0.3) is 11.0 Å². The number of para-hydroxylation sites is 2. The molecule has 8 heteroatoms. The summed E-state index contributed by atoms with van der Waals surface area (Å²) in [6, 6.07) is 22.7. The van der Waals surface area contributed by atoms with E-state index in [0.29, 0.717) is 36.8 Å². The van der Waals surface area contributed by atoms with E-state index in [9.17, 15) is 13.2 Å². The molecular weight excluding hydrogens is 450 g/mol. The van der Waals surface area contributed by atoms with Crippen LogP contribution in [0.15, 0.2) is 83.8 Å². The highest BCUT2D eigenvalue weighted by atomic mass is 32.2. The van der Waals surface area contributed by atoms with Gasteiger partial charge in [-0.25, -0.2) is 13.4 Å². The number of hydrogen-bond donors (Lipinski definition) is 1. The average Bonchev–Trinajstić information content (AvgIpc) is 3.19. The van der Waals surface area contributed by atoms with Crippen molar-refractivity contribution in [1.82, 2.24) is 9.55 Å². The lowest BCUT2D eigenvalue weighted by Gasteiger charge is -2.11. The normalized spacial score (nSPS) is 11.6. The first-order valence-corrected chi connectivity index (χ1v) is 12.8. The third-order valence-corrected chi connectivity index (χ3v) is 7.13. The number of nitrogens with one attached hydrogen (secondary N) is 1. The van der Waals surface area contributed by atoms with Crippen LogP contribution in [0, 0.1) is 0 Å². The molecule has 1 amide bonds. The number of benzene rings is 3. The summed E-state index contributed by atoms with van der Waals surface area (Å²) in [4.78, 5) is 17.8. The first-order valence-electron chi connectivity index (χ1n) is 11.2. The molecular formula is C26H27N3O4S. The van der Waals surface area contributed by atoms with Crippen LogP contribution < -0.4 is 5.32 Å². The first kappa shape index (κ1) is 23.7. The first-order chi connectivity index (χ1) is 16.5. The number of anilines is 1. The van der Waals surface area contributed by atoms with Crippen molar-refractivity contribution in [3.05, 3.63) is 90.0 Å². The number of ether oxygens (including phenoxy) is 1. The van der Waals surface area contributed by atoms with Gasteiger partial charge in [-0.3, -0.25) is 10.1 Å². The number of fused-ring (bicyclic) bond motifs is 1. The number of carbonyl (C=O) groups is 1. The third kappa shape index (κ3) is 5.52. The zero-order valence-electron chi connectivity index (χ0n) is 19.0. The molecule has 34 heavy (non-hydrogen) atoms. The molecule has 1 heterocycles. The Bertz CT molecular complexity index is 1360. The number of hydrogen-bond acceptors (Lipinski definition) is 5. The minimum Gasteiger partial charge on any atom is -0.382 e. The fraction of sp³-hybridized carbons (Fsp3) is 0.231. The summed E-state index contributed by atoms with van der Waals surface area (Å²) in [5.41, 5.74) is 2.78. The van der Waals surface area contributed by atoms with Gasteiger partial charge < -0.3 is 9.30 Å². The summed E-state index contributed by atoms with van der Waals surface area (Å²) in [6.07, 6.45) is 0.793. The van der Waals surface area contributed by atoms with E-state index < -0.39 is 9.84 Å². The molecule has 0 spiro atoms. The van der Waals surface area contributed by atoms with Crippen molar-refractivity contribution in [1.29, 1.82) is 0 Å². The van der Waals surface area contributed by atoms with Crippen molar-refractivity contribution in [2.75, 3.05) is 18.5 Å². The van der Waals surface area contributed by atoms with Crippen LogP contribution in [0.2, 0.25) is 0 Å². The lowest BCUT2D eigenvalue weighted by Crippen LogP contribution is -2.16. The van der Waals surface area contributed by atoms with Crippen molar-refractivity contribution in [2.45, 2.75) is 30.5 Å². The minimum atomic E-state index is -3.45. The Kier molecular flexibility index (Phi) is 7.40. The van der Waals surface area contributed by atoms with Gasteiger partial charge in [0.05, 0.1) is 21.7 Å². The molecule has 0 unspecified atom stereocenters. The summed E-state index contributed by atoms with van der Waals surface area (Å²) >= 11 is 0. The zero-order valence-corrected chi connectivity index (χ0v) is 19.8. The Morgan fingerprint density at radius 2 is 1.68 bits per heavy atom. The maximum atomic E-state index is 12.9. The van der Waals surface area contributed by atoms with E-state index in [1.165, 1.54) is 0 Å². The van der Waals surface area contributed by atoms with Gasteiger partial charge in [-0.15, -0.1) is 0 Å². The van der Waals surface area contributed by atoms with E-state index in [0.717, 1.165) is 17.5 Å². The Morgan fingerprint density at radius 3 is 2.41 bits per heavy atom. The van der Waals surface area contributed by atoms with Gasteiger partial charge in [0.1, 0.15) is 0 Å². The Labute approximate surface area is 199 Å². The Balaban J connectivity index is 1.49. The van der Waals surface area contributed by atoms with Crippen LogP contribution in [0.4, 0.5) is 5.95 Å². The lowest BCUT2D eigenvalue weighted by atomic mass is 10.1. The number of aromatic nitrogens is 2. The zero-order chi connectivity index (χ0) is 24.0. The molecule has 0 bridgehead atoms. The van der Waals surface area contributed by atoms with Crippen molar-refractivity contribution >= 4 is 32.7 Å². The standard InChI is InChI=1S/C26H27N3O4S/c1-2-33-18-8-17-29-24-12-7-6-11-23(24)27-26(29)28-25(30)21-15-13-20(14-16-21)19-34(31,32)22-9-4-3-5-10-22/h3-7,9-16H,2,8,17-19H2,1H3,(H,27,28,30). The second kappa shape index (κ2) is 10.6. The number of sulfone groups is 1. The molecule has 0 fully saturated rings. The molecule has 176 valence electrons. The average molecular weight is 478 g/mol. The molecule has 0 aliphatic carbocycles. The number of carbonyl (C=O) groups excluding carboxylic acids is 1. The quantitative estimate of drug-likeness (QED) is 0.335. The van der Waals surface area contributed by atoms with Gasteiger partial charge in [-0.1, -0.05) is 42.5 Å². The lowest BCUT2D eigenvalue weighted by molar-refractivity contribution is 0.102. The second-order valence-corrected chi connectivity index (χ2v) is 9.84. The van der Waals surface area contributed by atoms with Crippen molar-refractivity contribution in [3.63, 3.8) is 0 Å². The molecule has 4 aromatic rings. The van der Waals surface area contributed by atoms with Crippen LogP contribution in [0.1, 0.15) is 29.3 Å². The molecule has 0 aliphatic rings. The number of rotatable bonds is 10. The van der Waals surface area contributed by atoms with Gasteiger partial charge in [0.2, 0.25) is 5.95 Å². The van der Waals surface area contributed by atoms with Crippen LogP contribution in [-0.4, -0.2) is 37.1 Å². The third-order valence-electron chi connectivity index (χ3n) is 5.43. The summed E-state index contributed by atoms with van der Waals surface area (Å²) in [5.74, 6) is 0.0337. The minimum absolute atomic E-state index is 0.130. The number of imidazole rings is 1. The number of nitrogens with zero attached hydrogens (tertiary/aromatic N) is 2. The van der Waals surface area contributed by atoms with E-state index in [1.807, 2.05) is 35.8 Å². The molecule has 0 saturated heterocycles. The van der Waals surface area contributed by atoms with Crippen molar-refractivity contribution in [2.24, 2.45) is 0 Å². The molecule has 1 N–H and O–H groups in total. The number of aryl methyl sites for hydroxylation is 1. The van der Waals surface area contributed by atoms with E-state index >= 15 is 0 Å². The van der Waals surface area contributed by atoms with E-state index in [1.54, 1.807) is 54.6 Å².